The zero-order valence-corrected chi connectivity index (χ0v) is 9.17. The van der Waals surface area contributed by atoms with Crippen molar-refractivity contribution in [2.24, 2.45) is 0 Å². The summed E-state index contributed by atoms with van der Waals surface area (Å²) in [6, 6.07) is 0. The van der Waals surface area contributed by atoms with Crippen LogP contribution in [0.1, 0.15) is 25.5 Å². The molecule has 1 aliphatic rings. The van der Waals surface area contributed by atoms with Crippen molar-refractivity contribution in [1.29, 1.82) is 0 Å². The molecule has 2 heterocycles. The lowest BCUT2D eigenvalue weighted by Gasteiger charge is -2.22. The minimum absolute atomic E-state index is 0.129. The summed E-state index contributed by atoms with van der Waals surface area (Å²) in [5.74, 6) is 0.226. The molecule has 0 aromatic carbocycles. The molecule has 1 saturated heterocycles. The average molecular weight is 226 g/mol. The van der Waals surface area contributed by atoms with Crippen molar-refractivity contribution in [2.75, 3.05) is 13.7 Å². The largest absolute Gasteiger partial charge is 0.495 e. The number of hydrogen-bond donors (Lipinski definition) is 2. The average Bonchev–Trinajstić information content (AvgIpc) is 2.74. The lowest BCUT2D eigenvalue weighted by atomic mass is 9.82. The number of hydrogen-bond acceptors (Lipinski definition) is 5. The van der Waals surface area contributed by atoms with Crippen molar-refractivity contribution in [3.05, 3.63) is 6.20 Å². The Morgan fingerprint density at radius 2 is 2.38 bits per heavy atom. The summed E-state index contributed by atoms with van der Waals surface area (Å²) < 4.78 is 12.1. The first kappa shape index (κ1) is 11.4. The van der Waals surface area contributed by atoms with E-state index in [4.69, 9.17) is 19.5 Å². The van der Waals surface area contributed by atoms with Crippen molar-refractivity contribution in [3.8, 4) is 5.88 Å². The van der Waals surface area contributed by atoms with Gasteiger partial charge in [-0.15, -0.1) is 5.10 Å². The first-order chi connectivity index (χ1) is 7.72. The standard InChI is InChI=1S/C9H15BN2O4/c1-15-9-7(10(13)14)6-12(11-9)8-4-2-3-5-16-8/h6,8,13-14H,2-5H2,1H3. The van der Waals surface area contributed by atoms with Crippen LogP contribution in [0.4, 0.5) is 0 Å². The normalized spacial score (nSPS) is 20.8. The number of ether oxygens (including phenoxy) is 2. The maximum Gasteiger partial charge on any atom is 0.495 e. The summed E-state index contributed by atoms with van der Waals surface area (Å²) in [7, 11) is -0.132. The molecule has 0 saturated carbocycles. The van der Waals surface area contributed by atoms with E-state index in [1.54, 1.807) is 10.9 Å². The predicted octanol–water partition coefficient (Wildman–Crippen LogP) is -0.729. The highest BCUT2D eigenvalue weighted by Gasteiger charge is 2.25. The molecule has 2 N–H and O–H groups in total. The molecule has 2 rings (SSSR count). The Labute approximate surface area is 93.9 Å². The zero-order chi connectivity index (χ0) is 11.5. The third kappa shape index (κ3) is 2.21. The minimum atomic E-state index is -1.58. The molecule has 0 aliphatic carbocycles. The number of nitrogens with zero attached hydrogens (tertiary/aromatic N) is 2. The minimum Gasteiger partial charge on any atom is -0.480 e. The van der Waals surface area contributed by atoms with Crippen LogP contribution in [0.5, 0.6) is 5.88 Å². The molecule has 1 atom stereocenters. The Morgan fingerprint density at radius 3 is 2.88 bits per heavy atom. The summed E-state index contributed by atoms with van der Waals surface area (Å²) in [5.41, 5.74) is 0.261. The van der Waals surface area contributed by atoms with Gasteiger partial charge < -0.3 is 19.5 Å². The van der Waals surface area contributed by atoms with Gasteiger partial charge in [-0.2, -0.15) is 0 Å². The Bertz CT molecular complexity index is 349. The van der Waals surface area contributed by atoms with Crippen LogP contribution in [0.2, 0.25) is 0 Å². The van der Waals surface area contributed by atoms with Crippen molar-refractivity contribution < 1.29 is 19.5 Å². The predicted molar refractivity (Wildman–Crippen MR) is 57.4 cm³/mol. The first-order valence-corrected chi connectivity index (χ1v) is 5.33. The van der Waals surface area contributed by atoms with E-state index in [2.05, 4.69) is 5.10 Å². The van der Waals surface area contributed by atoms with Crippen LogP contribution in [0.15, 0.2) is 6.20 Å². The van der Waals surface area contributed by atoms with E-state index in [0.717, 1.165) is 19.3 Å². The van der Waals surface area contributed by atoms with Gasteiger partial charge in [-0.1, -0.05) is 0 Å². The Kier molecular flexibility index (Phi) is 3.47. The van der Waals surface area contributed by atoms with Crippen LogP contribution in [0.25, 0.3) is 0 Å². The third-order valence-corrected chi connectivity index (χ3v) is 2.65. The maximum absolute atomic E-state index is 9.13. The molecule has 1 aromatic rings. The molecule has 1 aliphatic heterocycles. The van der Waals surface area contributed by atoms with Crippen LogP contribution < -0.4 is 10.2 Å². The highest BCUT2D eigenvalue weighted by molar-refractivity contribution is 6.59. The smallest absolute Gasteiger partial charge is 0.480 e. The molecule has 88 valence electrons. The molecule has 0 spiro atoms. The third-order valence-electron chi connectivity index (χ3n) is 2.65. The fourth-order valence-electron chi connectivity index (χ4n) is 1.80. The van der Waals surface area contributed by atoms with Crippen LogP contribution in [-0.4, -0.2) is 40.7 Å². The monoisotopic (exact) mass is 226 g/mol. The number of methoxy groups -OCH3 is 1. The highest BCUT2D eigenvalue weighted by atomic mass is 16.5. The van der Waals surface area contributed by atoms with Crippen LogP contribution >= 0.6 is 0 Å². The molecule has 0 bridgehead atoms. The van der Waals surface area contributed by atoms with Gasteiger partial charge in [-0.3, -0.25) is 0 Å². The summed E-state index contributed by atoms with van der Waals surface area (Å²) in [5, 5.41) is 22.4. The van der Waals surface area contributed by atoms with E-state index in [-0.39, 0.29) is 17.6 Å². The SMILES string of the molecule is COc1nn(C2CCCCO2)cc1B(O)O. The van der Waals surface area contributed by atoms with E-state index in [1.165, 1.54) is 7.11 Å². The van der Waals surface area contributed by atoms with Crippen LogP contribution in [0.3, 0.4) is 0 Å². The molecule has 1 aromatic heterocycles. The second-order valence-electron chi connectivity index (χ2n) is 3.77. The van der Waals surface area contributed by atoms with Gasteiger partial charge in [-0.25, -0.2) is 4.68 Å². The molecular formula is C9H15BN2O4. The maximum atomic E-state index is 9.13. The van der Waals surface area contributed by atoms with E-state index in [9.17, 15) is 0 Å². The summed E-state index contributed by atoms with van der Waals surface area (Å²) in [4.78, 5) is 0. The topological polar surface area (TPSA) is 76.7 Å². The molecule has 0 amide bonds. The van der Waals surface area contributed by atoms with Gasteiger partial charge >= 0.3 is 7.12 Å². The molecule has 1 fully saturated rings. The van der Waals surface area contributed by atoms with Crippen molar-refractivity contribution >= 4 is 12.6 Å². The number of aromatic nitrogens is 2. The summed E-state index contributed by atoms with van der Waals surface area (Å²) in [6.07, 6.45) is 4.45. The van der Waals surface area contributed by atoms with Gasteiger partial charge in [0, 0.05) is 12.8 Å². The van der Waals surface area contributed by atoms with E-state index >= 15 is 0 Å². The van der Waals surface area contributed by atoms with Gasteiger partial charge in [0.1, 0.15) is 6.23 Å². The first-order valence-electron chi connectivity index (χ1n) is 5.33. The van der Waals surface area contributed by atoms with E-state index in [1.807, 2.05) is 0 Å². The Hall–Kier alpha value is -1.05. The molecule has 0 radical (unpaired) electrons. The molecular weight excluding hydrogens is 211 g/mol. The fraction of sp³-hybridized carbons (Fsp3) is 0.667. The second kappa shape index (κ2) is 4.86. The van der Waals surface area contributed by atoms with Crippen molar-refractivity contribution in [3.63, 3.8) is 0 Å². The molecule has 6 nitrogen and oxygen atoms in total. The summed E-state index contributed by atoms with van der Waals surface area (Å²) >= 11 is 0. The zero-order valence-electron chi connectivity index (χ0n) is 9.17. The van der Waals surface area contributed by atoms with Gasteiger partial charge in [0.15, 0.2) is 0 Å². The molecule has 16 heavy (non-hydrogen) atoms. The van der Waals surface area contributed by atoms with Gasteiger partial charge in [0.2, 0.25) is 5.88 Å². The van der Waals surface area contributed by atoms with Gasteiger partial charge in [-0.05, 0) is 19.3 Å². The lowest BCUT2D eigenvalue weighted by Crippen LogP contribution is -2.30. The second-order valence-corrected chi connectivity index (χ2v) is 3.77. The Morgan fingerprint density at radius 1 is 1.56 bits per heavy atom. The van der Waals surface area contributed by atoms with Gasteiger partial charge in [0.25, 0.3) is 0 Å². The molecule has 7 heteroatoms. The quantitative estimate of drug-likeness (QED) is 0.664. The number of rotatable bonds is 3. The van der Waals surface area contributed by atoms with Gasteiger partial charge in [0.05, 0.1) is 12.6 Å². The van der Waals surface area contributed by atoms with Crippen molar-refractivity contribution in [2.45, 2.75) is 25.5 Å². The van der Waals surface area contributed by atoms with E-state index < -0.39 is 7.12 Å². The summed E-state index contributed by atoms with van der Waals surface area (Å²) in [6.45, 7) is 0.712. The van der Waals surface area contributed by atoms with Crippen molar-refractivity contribution in [1.82, 2.24) is 9.78 Å². The highest BCUT2D eigenvalue weighted by Crippen LogP contribution is 2.22. The van der Waals surface area contributed by atoms with Crippen LogP contribution in [0, 0.1) is 0 Å². The lowest BCUT2D eigenvalue weighted by molar-refractivity contribution is -0.0399. The van der Waals surface area contributed by atoms with E-state index in [0.29, 0.717) is 6.61 Å². The molecule has 1 unspecified atom stereocenters. The Balaban J connectivity index is 2.20. The fourth-order valence-corrected chi connectivity index (χ4v) is 1.80. The van der Waals surface area contributed by atoms with Crippen LogP contribution in [-0.2, 0) is 4.74 Å².